The van der Waals surface area contributed by atoms with Crippen LogP contribution >= 0.6 is 0 Å². The molecule has 0 aromatic heterocycles. The molecule has 2 aliphatic heterocycles. The molecule has 2 atom stereocenters. The van der Waals surface area contributed by atoms with E-state index in [4.69, 9.17) is 0 Å². The lowest BCUT2D eigenvalue weighted by atomic mass is 10.0. The summed E-state index contributed by atoms with van der Waals surface area (Å²) >= 11 is 0. The van der Waals surface area contributed by atoms with E-state index in [1.54, 1.807) is 0 Å². The van der Waals surface area contributed by atoms with Crippen molar-refractivity contribution in [1.29, 1.82) is 0 Å². The highest BCUT2D eigenvalue weighted by atomic mass is 16.2. The van der Waals surface area contributed by atoms with Gasteiger partial charge >= 0.3 is 0 Å². The van der Waals surface area contributed by atoms with E-state index in [1.165, 1.54) is 4.90 Å². The highest BCUT2D eigenvalue weighted by Crippen LogP contribution is 2.15. The van der Waals surface area contributed by atoms with Crippen LogP contribution in [0.4, 0.5) is 0 Å². The summed E-state index contributed by atoms with van der Waals surface area (Å²) in [6.45, 7) is 2.65. The zero-order valence-corrected chi connectivity index (χ0v) is 10.6. The Labute approximate surface area is 106 Å². The van der Waals surface area contributed by atoms with Gasteiger partial charge in [0.1, 0.15) is 12.6 Å². The second-order valence-electron chi connectivity index (χ2n) is 4.81. The Kier molecular flexibility index (Phi) is 3.96. The number of nitrogens with zero attached hydrogens (tertiary/aromatic N) is 1. The molecule has 3 amide bonds. The number of rotatable bonds is 2. The van der Waals surface area contributed by atoms with Crippen molar-refractivity contribution >= 4 is 17.7 Å². The fraction of sp³-hybridized carbons (Fsp3) is 0.750. The number of hydrogen-bond acceptors (Lipinski definition) is 4. The standard InChI is InChI=1S/C12H19N3O3/c1-2-9-11(17)14-10(16)7-15(9)12(18)8-5-3-4-6-13-8/h8-9,13H,2-7H2,1H3,(H,14,16,17)/t8-,9?/m0/s1. The maximum Gasteiger partial charge on any atom is 0.249 e. The van der Waals surface area contributed by atoms with Crippen LogP contribution in [0.15, 0.2) is 0 Å². The first kappa shape index (κ1) is 13.0. The van der Waals surface area contributed by atoms with Gasteiger partial charge in [0.25, 0.3) is 0 Å². The van der Waals surface area contributed by atoms with Crippen molar-refractivity contribution in [1.82, 2.24) is 15.5 Å². The average molecular weight is 253 g/mol. The van der Waals surface area contributed by atoms with E-state index >= 15 is 0 Å². The van der Waals surface area contributed by atoms with Crippen molar-refractivity contribution in [2.45, 2.75) is 44.7 Å². The van der Waals surface area contributed by atoms with Crippen LogP contribution in [0, 0.1) is 0 Å². The van der Waals surface area contributed by atoms with Crippen molar-refractivity contribution < 1.29 is 14.4 Å². The van der Waals surface area contributed by atoms with Gasteiger partial charge in [0.2, 0.25) is 17.7 Å². The lowest BCUT2D eigenvalue weighted by Gasteiger charge is -2.36. The summed E-state index contributed by atoms with van der Waals surface area (Å²) in [5, 5.41) is 5.43. The van der Waals surface area contributed by atoms with Gasteiger partial charge in [-0.1, -0.05) is 13.3 Å². The number of amides is 3. The number of piperidine rings is 1. The normalized spacial score (nSPS) is 29.1. The van der Waals surface area contributed by atoms with Gasteiger partial charge in [-0.3, -0.25) is 19.7 Å². The van der Waals surface area contributed by atoms with Gasteiger partial charge in [-0.25, -0.2) is 0 Å². The van der Waals surface area contributed by atoms with Crippen molar-refractivity contribution in [3.8, 4) is 0 Å². The van der Waals surface area contributed by atoms with Crippen LogP contribution in [-0.4, -0.2) is 47.8 Å². The molecule has 2 aliphatic rings. The molecule has 0 spiro atoms. The molecule has 0 bridgehead atoms. The van der Waals surface area contributed by atoms with E-state index in [1.807, 2.05) is 6.92 Å². The smallest absolute Gasteiger partial charge is 0.249 e. The summed E-state index contributed by atoms with van der Waals surface area (Å²) in [6.07, 6.45) is 3.38. The van der Waals surface area contributed by atoms with Gasteiger partial charge in [-0.05, 0) is 25.8 Å². The third-order valence-corrected chi connectivity index (χ3v) is 3.53. The number of imide groups is 1. The maximum absolute atomic E-state index is 12.3. The Hall–Kier alpha value is -1.43. The lowest BCUT2D eigenvalue weighted by molar-refractivity contribution is -0.151. The quantitative estimate of drug-likeness (QED) is 0.644. The second kappa shape index (κ2) is 5.48. The summed E-state index contributed by atoms with van der Waals surface area (Å²) in [5.74, 6) is -0.878. The van der Waals surface area contributed by atoms with Crippen LogP contribution in [0.3, 0.4) is 0 Å². The number of nitrogens with one attached hydrogen (secondary N) is 2. The molecular formula is C12H19N3O3. The van der Waals surface area contributed by atoms with Gasteiger partial charge in [-0.2, -0.15) is 0 Å². The molecule has 0 aliphatic carbocycles. The Morgan fingerprint density at radius 3 is 2.78 bits per heavy atom. The van der Waals surface area contributed by atoms with E-state index in [0.717, 1.165) is 25.8 Å². The minimum absolute atomic E-state index is 0.0126. The number of carbonyl (C=O) groups excluding carboxylic acids is 3. The van der Waals surface area contributed by atoms with Gasteiger partial charge in [0.15, 0.2) is 0 Å². The topological polar surface area (TPSA) is 78.5 Å². The highest BCUT2D eigenvalue weighted by molar-refractivity contribution is 6.04. The van der Waals surface area contributed by atoms with E-state index in [2.05, 4.69) is 10.6 Å². The van der Waals surface area contributed by atoms with Crippen LogP contribution in [0.2, 0.25) is 0 Å². The summed E-state index contributed by atoms with van der Waals surface area (Å²) in [4.78, 5) is 36.8. The molecule has 0 radical (unpaired) electrons. The first-order chi connectivity index (χ1) is 8.63. The Bertz CT molecular complexity index is 364. The van der Waals surface area contributed by atoms with Crippen LogP contribution < -0.4 is 10.6 Å². The predicted molar refractivity (Wildman–Crippen MR) is 64.6 cm³/mol. The third kappa shape index (κ3) is 2.53. The summed E-state index contributed by atoms with van der Waals surface area (Å²) in [6, 6.07) is -0.759. The van der Waals surface area contributed by atoms with Gasteiger partial charge in [0.05, 0.1) is 6.04 Å². The molecule has 6 heteroatoms. The summed E-state index contributed by atoms with van der Waals surface area (Å²) in [5.41, 5.74) is 0. The number of piperazine rings is 1. The largest absolute Gasteiger partial charge is 0.320 e. The van der Waals surface area contributed by atoms with Crippen LogP contribution in [0.1, 0.15) is 32.6 Å². The SMILES string of the molecule is CCC1C(=O)NC(=O)CN1C(=O)[C@@H]1CCCCN1. The molecule has 100 valence electrons. The molecule has 2 rings (SSSR count). The summed E-state index contributed by atoms with van der Waals surface area (Å²) in [7, 11) is 0. The van der Waals surface area contributed by atoms with Gasteiger partial charge in [0, 0.05) is 0 Å². The molecule has 6 nitrogen and oxygen atoms in total. The van der Waals surface area contributed by atoms with E-state index in [0.29, 0.717) is 6.42 Å². The lowest BCUT2D eigenvalue weighted by Crippen LogP contribution is -2.62. The molecule has 18 heavy (non-hydrogen) atoms. The molecule has 0 aromatic carbocycles. The zero-order chi connectivity index (χ0) is 13.1. The molecule has 1 unspecified atom stereocenters. The maximum atomic E-state index is 12.3. The first-order valence-electron chi connectivity index (χ1n) is 6.51. The van der Waals surface area contributed by atoms with Crippen molar-refractivity contribution in [3.63, 3.8) is 0 Å². The molecular weight excluding hydrogens is 234 g/mol. The minimum Gasteiger partial charge on any atom is -0.320 e. The molecule has 0 aromatic rings. The molecule has 2 N–H and O–H groups in total. The molecule has 2 saturated heterocycles. The van der Waals surface area contributed by atoms with Crippen LogP contribution in [0.5, 0.6) is 0 Å². The Balaban J connectivity index is 2.10. The number of carbonyl (C=O) groups is 3. The van der Waals surface area contributed by atoms with Crippen molar-refractivity contribution in [3.05, 3.63) is 0 Å². The van der Waals surface area contributed by atoms with Gasteiger partial charge < -0.3 is 10.2 Å². The average Bonchev–Trinajstić information content (AvgIpc) is 2.38. The fourth-order valence-electron chi connectivity index (χ4n) is 2.57. The highest BCUT2D eigenvalue weighted by Gasteiger charge is 2.38. The van der Waals surface area contributed by atoms with E-state index in [9.17, 15) is 14.4 Å². The molecule has 0 saturated carbocycles. The number of hydrogen-bond donors (Lipinski definition) is 2. The summed E-state index contributed by atoms with van der Waals surface area (Å²) < 4.78 is 0. The van der Waals surface area contributed by atoms with Crippen LogP contribution in [0.25, 0.3) is 0 Å². The van der Waals surface area contributed by atoms with Crippen LogP contribution in [-0.2, 0) is 14.4 Å². The van der Waals surface area contributed by atoms with Gasteiger partial charge in [-0.15, -0.1) is 0 Å². The van der Waals surface area contributed by atoms with E-state index < -0.39 is 11.9 Å². The predicted octanol–water partition coefficient (Wildman–Crippen LogP) is -0.608. The monoisotopic (exact) mass is 253 g/mol. The van der Waals surface area contributed by atoms with Crippen molar-refractivity contribution in [2.75, 3.05) is 13.1 Å². The van der Waals surface area contributed by atoms with Crippen molar-refractivity contribution in [2.24, 2.45) is 0 Å². The molecule has 2 heterocycles. The zero-order valence-electron chi connectivity index (χ0n) is 10.6. The third-order valence-electron chi connectivity index (χ3n) is 3.53. The molecule has 2 fully saturated rings. The second-order valence-corrected chi connectivity index (χ2v) is 4.81. The fourth-order valence-corrected chi connectivity index (χ4v) is 2.57. The Morgan fingerprint density at radius 1 is 1.39 bits per heavy atom. The Morgan fingerprint density at radius 2 is 2.17 bits per heavy atom. The first-order valence-corrected chi connectivity index (χ1v) is 6.51. The minimum atomic E-state index is -0.515. The van der Waals surface area contributed by atoms with E-state index in [-0.39, 0.29) is 24.4 Å².